The third-order valence-corrected chi connectivity index (χ3v) is 4.18. The van der Waals surface area contributed by atoms with Crippen LogP contribution in [0.3, 0.4) is 0 Å². The number of nitrogens with one attached hydrogen (secondary N) is 1. The molecule has 0 saturated heterocycles. The van der Waals surface area contributed by atoms with Crippen LogP contribution >= 0.6 is 0 Å². The van der Waals surface area contributed by atoms with Crippen molar-refractivity contribution in [2.75, 3.05) is 0 Å². The van der Waals surface area contributed by atoms with E-state index in [1.54, 1.807) is 38.4 Å². The van der Waals surface area contributed by atoms with Crippen LogP contribution < -0.4 is 5.32 Å². The second kappa shape index (κ2) is 5.45. The molecule has 0 radical (unpaired) electrons. The lowest BCUT2D eigenvalue weighted by Crippen LogP contribution is -2.27. The Kier molecular flexibility index (Phi) is 3.59. The van der Waals surface area contributed by atoms with Gasteiger partial charge >= 0.3 is 5.97 Å². The molecular weight excluding hydrogens is 300 g/mol. The van der Waals surface area contributed by atoms with E-state index in [0.29, 0.717) is 11.4 Å². The monoisotopic (exact) mass is 316 g/mol. The highest BCUT2D eigenvalue weighted by Gasteiger charge is 2.65. The predicted octanol–water partition coefficient (Wildman–Crippen LogP) is 1.10. The fourth-order valence-corrected chi connectivity index (χ4v) is 2.80. The van der Waals surface area contributed by atoms with E-state index in [1.165, 1.54) is 0 Å². The number of aromatic nitrogens is 3. The maximum atomic E-state index is 12.1. The summed E-state index contributed by atoms with van der Waals surface area (Å²) in [5.74, 6) is -1.83. The molecule has 23 heavy (non-hydrogen) atoms. The lowest BCUT2D eigenvalue weighted by Gasteiger charge is -2.02. The summed E-state index contributed by atoms with van der Waals surface area (Å²) in [4.78, 5) is 31.4. The zero-order valence-electron chi connectivity index (χ0n) is 12.7. The van der Waals surface area contributed by atoms with E-state index < -0.39 is 23.2 Å². The fraction of sp³-hybridized carbons (Fsp3) is 0.400. The minimum Gasteiger partial charge on any atom is -0.481 e. The molecule has 1 fully saturated rings. The predicted molar refractivity (Wildman–Crippen MR) is 77.8 cm³/mol. The number of rotatable bonds is 5. The summed E-state index contributed by atoms with van der Waals surface area (Å²) in [6, 6.07) is 3.55. The molecule has 1 aliphatic carbocycles. The van der Waals surface area contributed by atoms with Gasteiger partial charge in [0, 0.05) is 18.0 Å². The molecule has 0 spiro atoms. The van der Waals surface area contributed by atoms with E-state index in [2.05, 4.69) is 20.4 Å². The summed E-state index contributed by atoms with van der Waals surface area (Å²) in [7, 11) is 0. The Labute approximate surface area is 131 Å². The van der Waals surface area contributed by atoms with Crippen molar-refractivity contribution in [1.29, 1.82) is 0 Å². The molecule has 0 bridgehead atoms. The first kappa shape index (κ1) is 15.1. The van der Waals surface area contributed by atoms with E-state index in [9.17, 15) is 9.59 Å². The molecule has 1 amide bonds. The van der Waals surface area contributed by atoms with Gasteiger partial charge in [0.05, 0.1) is 18.4 Å². The highest BCUT2D eigenvalue weighted by atomic mass is 16.5. The highest BCUT2D eigenvalue weighted by Crippen LogP contribution is 2.58. The minimum atomic E-state index is -0.952. The number of pyridine rings is 1. The topological polar surface area (TPSA) is 118 Å². The number of hydrogen-bond donors (Lipinski definition) is 2. The van der Waals surface area contributed by atoms with Crippen LogP contribution in [-0.4, -0.2) is 32.1 Å². The van der Waals surface area contributed by atoms with Gasteiger partial charge < -0.3 is 14.9 Å². The number of nitrogens with zero attached hydrogens (tertiary/aromatic N) is 3. The van der Waals surface area contributed by atoms with Gasteiger partial charge in [0.2, 0.25) is 17.6 Å². The molecule has 0 aliphatic heterocycles. The SMILES string of the molecule is CC1(C)[C@H](C(=O)O)[C@H]1C(=O)NCc1nc(-c2cccnc2)no1. The average molecular weight is 316 g/mol. The summed E-state index contributed by atoms with van der Waals surface area (Å²) in [5.41, 5.74) is 0.175. The van der Waals surface area contributed by atoms with Gasteiger partial charge in [-0.3, -0.25) is 14.6 Å². The standard InChI is InChI=1S/C15H16N4O4/c1-15(2)10(11(15)14(21)22)13(20)17-7-9-18-12(19-23-9)8-4-3-5-16-6-8/h3-6,10-11H,7H2,1-2H3,(H,17,20)(H,21,22)/t10-,11-/m0/s1. The number of carboxylic acid groups (broad SMARTS) is 1. The van der Waals surface area contributed by atoms with Crippen LogP contribution in [0.4, 0.5) is 0 Å². The van der Waals surface area contributed by atoms with E-state index >= 15 is 0 Å². The maximum absolute atomic E-state index is 12.1. The smallest absolute Gasteiger partial charge is 0.307 e. The summed E-state index contributed by atoms with van der Waals surface area (Å²) >= 11 is 0. The van der Waals surface area contributed by atoms with Crippen LogP contribution in [0.15, 0.2) is 29.0 Å². The van der Waals surface area contributed by atoms with Crippen LogP contribution in [0.5, 0.6) is 0 Å². The average Bonchev–Trinajstić information content (AvgIpc) is 2.88. The van der Waals surface area contributed by atoms with E-state index in [4.69, 9.17) is 9.63 Å². The molecule has 8 nitrogen and oxygen atoms in total. The second-order valence-corrected chi connectivity index (χ2v) is 6.09. The van der Waals surface area contributed by atoms with Crippen molar-refractivity contribution >= 4 is 11.9 Å². The van der Waals surface area contributed by atoms with Crippen molar-refractivity contribution in [2.24, 2.45) is 17.3 Å². The van der Waals surface area contributed by atoms with Crippen LogP contribution in [0.2, 0.25) is 0 Å². The molecule has 3 rings (SSSR count). The Bertz CT molecular complexity index is 741. The lowest BCUT2D eigenvalue weighted by atomic mass is 10.1. The normalized spacial score (nSPS) is 21.7. The van der Waals surface area contributed by atoms with Crippen molar-refractivity contribution in [1.82, 2.24) is 20.4 Å². The van der Waals surface area contributed by atoms with Crippen molar-refractivity contribution in [2.45, 2.75) is 20.4 Å². The first-order chi connectivity index (χ1) is 10.9. The third-order valence-electron chi connectivity index (χ3n) is 4.18. The van der Waals surface area contributed by atoms with Crippen molar-refractivity contribution in [3.63, 3.8) is 0 Å². The van der Waals surface area contributed by atoms with Crippen LogP contribution in [0, 0.1) is 17.3 Å². The summed E-state index contributed by atoms with van der Waals surface area (Å²) < 4.78 is 5.08. The number of hydrogen-bond acceptors (Lipinski definition) is 6. The number of carboxylic acids is 1. The fourth-order valence-electron chi connectivity index (χ4n) is 2.80. The van der Waals surface area contributed by atoms with E-state index in [-0.39, 0.29) is 18.3 Å². The number of carbonyl (C=O) groups excluding carboxylic acids is 1. The Hall–Kier alpha value is -2.77. The van der Waals surface area contributed by atoms with Gasteiger partial charge in [-0.1, -0.05) is 19.0 Å². The molecule has 2 aromatic heterocycles. The Morgan fingerprint density at radius 1 is 1.39 bits per heavy atom. The molecule has 120 valence electrons. The van der Waals surface area contributed by atoms with E-state index in [1.807, 2.05) is 0 Å². The zero-order chi connectivity index (χ0) is 16.6. The van der Waals surface area contributed by atoms with Crippen LogP contribution in [-0.2, 0) is 16.1 Å². The molecule has 2 heterocycles. The number of carbonyl (C=O) groups is 2. The highest BCUT2D eigenvalue weighted by molar-refractivity contribution is 5.91. The molecule has 1 saturated carbocycles. The van der Waals surface area contributed by atoms with Gasteiger partial charge in [0.1, 0.15) is 0 Å². The molecule has 2 aromatic rings. The van der Waals surface area contributed by atoms with Gasteiger partial charge in [-0.15, -0.1) is 0 Å². The van der Waals surface area contributed by atoms with Gasteiger partial charge in [0.25, 0.3) is 0 Å². The Morgan fingerprint density at radius 3 is 2.78 bits per heavy atom. The molecule has 8 heteroatoms. The van der Waals surface area contributed by atoms with Gasteiger partial charge in [-0.05, 0) is 17.5 Å². The first-order valence-electron chi connectivity index (χ1n) is 7.14. The second-order valence-electron chi connectivity index (χ2n) is 6.09. The summed E-state index contributed by atoms with van der Waals surface area (Å²) in [6.45, 7) is 3.59. The summed E-state index contributed by atoms with van der Waals surface area (Å²) in [5, 5.41) is 15.6. The Balaban J connectivity index is 1.61. The first-order valence-corrected chi connectivity index (χ1v) is 7.14. The molecule has 1 aliphatic rings. The summed E-state index contributed by atoms with van der Waals surface area (Å²) in [6.07, 6.45) is 3.25. The largest absolute Gasteiger partial charge is 0.481 e. The third kappa shape index (κ3) is 2.79. The number of aliphatic carboxylic acids is 1. The van der Waals surface area contributed by atoms with Gasteiger partial charge in [-0.2, -0.15) is 4.98 Å². The molecule has 2 N–H and O–H groups in total. The molecule has 0 unspecified atom stereocenters. The number of amides is 1. The lowest BCUT2D eigenvalue weighted by molar-refractivity contribution is -0.140. The van der Waals surface area contributed by atoms with Crippen molar-refractivity contribution in [3.05, 3.63) is 30.4 Å². The Morgan fingerprint density at radius 2 is 2.17 bits per heavy atom. The van der Waals surface area contributed by atoms with E-state index in [0.717, 1.165) is 0 Å². The molecule has 0 aromatic carbocycles. The zero-order valence-corrected chi connectivity index (χ0v) is 12.7. The maximum Gasteiger partial charge on any atom is 0.307 e. The van der Waals surface area contributed by atoms with Crippen LogP contribution in [0.25, 0.3) is 11.4 Å². The van der Waals surface area contributed by atoms with Gasteiger partial charge in [-0.25, -0.2) is 0 Å². The molecular formula is C15H16N4O4. The minimum absolute atomic E-state index is 0.0605. The van der Waals surface area contributed by atoms with Gasteiger partial charge in [0.15, 0.2) is 0 Å². The molecule has 2 atom stereocenters. The quantitative estimate of drug-likeness (QED) is 0.848. The van der Waals surface area contributed by atoms with Crippen molar-refractivity contribution in [3.8, 4) is 11.4 Å². The van der Waals surface area contributed by atoms with Crippen molar-refractivity contribution < 1.29 is 19.2 Å². The van der Waals surface area contributed by atoms with Crippen LogP contribution in [0.1, 0.15) is 19.7 Å².